The minimum atomic E-state index is -0.738. The summed E-state index contributed by atoms with van der Waals surface area (Å²) < 4.78 is 6.45. The number of nitrogens with zero attached hydrogens (tertiary/aromatic N) is 1. The largest absolute Gasteiger partial charge is 0.444 e. The van der Waals surface area contributed by atoms with E-state index >= 15 is 0 Å². The van der Waals surface area contributed by atoms with Crippen molar-refractivity contribution >= 4 is 22.0 Å². The first kappa shape index (κ1) is 17.7. The number of aliphatic hydroxyl groups is 1. The van der Waals surface area contributed by atoms with Crippen molar-refractivity contribution in [2.45, 2.75) is 57.7 Å². The Labute approximate surface area is 152 Å². The van der Waals surface area contributed by atoms with Crippen LogP contribution in [0.4, 0.5) is 4.79 Å². The van der Waals surface area contributed by atoms with Gasteiger partial charge < -0.3 is 14.7 Å². The molecule has 132 valence electrons. The molecule has 4 nitrogen and oxygen atoms in total. The maximum Gasteiger partial charge on any atom is 0.410 e. The summed E-state index contributed by atoms with van der Waals surface area (Å²) in [5, 5.41) is 11.0. The molecule has 0 radical (unpaired) electrons. The normalized spacial score (nSPS) is 22.1. The Balaban J connectivity index is 1.57. The van der Waals surface area contributed by atoms with Crippen molar-refractivity contribution in [1.29, 1.82) is 0 Å². The predicted molar refractivity (Wildman–Crippen MR) is 96.7 cm³/mol. The highest BCUT2D eigenvalue weighted by atomic mass is 79.9. The first-order valence-corrected chi connectivity index (χ1v) is 9.37. The maximum absolute atomic E-state index is 12.1. The van der Waals surface area contributed by atoms with Crippen molar-refractivity contribution < 1.29 is 14.6 Å². The van der Waals surface area contributed by atoms with Crippen LogP contribution in [0.2, 0.25) is 0 Å². The van der Waals surface area contributed by atoms with Crippen LogP contribution in [0, 0.1) is 5.41 Å². The number of ether oxygens (including phenoxy) is 1. The average molecular weight is 396 g/mol. The molecular formula is C19H26BrNO3. The van der Waals surface area contributed by atoms with Crippen LogP contribution in [0.5, 0.6) is 0 Å². The minimum Gasteiger partial charge on any atom is -0.444 e. The van der Waals surface area contributed by atoms with E-state index in [1.54, 1.807) is 4.90 Å². The van der Waals surface area contributed by atoms with Gasteiger partial charge in [-0.2, -0.15) is 0 Å². The van der Waals surface area contributed by atoms with Crippen molar-refractivity contribution in [3.05, 3.63) is 34.3 Å². The third-order valence-corrected chi connectivity index (χ3v) is 5.75. The van der Waals surface area contributed by atoms with Crippen LogP contribution in [0.15, 0.2) is 28.7 Å². The van der Waals surface area contributed by atoms with E-state index in [0.717, 1.165) is 48.8 Å². The summed E-state index contributed by atoms with van der Waals surface area (Å²) >= 11 is 3.44. The number of benzene rings is 1. The van der Waals surface area contributed by atoms with Crippen molar-refractivity contribution in [2.75, 3.05) is 13.1 Å². The Kier molecular flexibility index (Phi) is 4.45. The highest BCUT2D eigenvalue weighted by molar-refractivity contribution is 9.10. The van der Waals surface area contributed by atoms with Crippen molar-refractivity contribution in [2.24, 2.45) is 5.41 Å². The molecule has 3 rings (SSSR count). The van der Waals surface area contributed by atoms with Crippen LogP contribution in [0.25, 0.3) is 0 Å². The molecule has 1 saturated heterocycles. The molecule has 0 atom stereocenters. The standard InChI is InChI=1S/C19H26BrNO3/c1-17(2,3)24-16(22)21-12-18(13-21)8-10-19(23,11-9-18)14-4-6-15(20)7-5-14/h4-7,23H,8-13H2,1-3H3. The second-order valence-corrected chi connectivity index (χ2v) is 9.29. The summed E-state index contributed by atoms with van der Waals surface area (Å²) in [6.07, 6.45) is 3.16. The molecule has 0 aromatic heterocycles. The second-order valence-electron chi connectivity index (χ2n) is 8.37. The van der Waals surface area contributed by atoms with Crippen molar-refractivity contribution in [3.8, 4) is 0 Å². The lowest BCUT2D eigenvalue weighted by atomic mass is 9.63. The molecule has 1 amide bonds. The summed E-state index contributed by atoms with van der Waals surface area (Å²) in [5.41, 5.74) is -0.0331. The van der Waals surface area contributed by atoms with E-state index < -0.39 is 11.2 Å². The van der Waals surface area contributed by atoms with Gasteiger partial charge in [0.05, 0.1) is 5.60 Å². The van der Waals surface area contributed by atoms with Crippen molar-refractivity contribution in [3.63, 3.8) is 0 Å². The molecular weight excluding hydrogens is 370 g/mol. The molecule has 2 aliphatic rings. The number of likely N-dealkylation sites (tertiary alicyclic amines) is 1. The molecule has 1 heterocycles. The minimum absolute atomic E-state index is 0.165. The van der Waals surface area contributed by atoms with Gasteiger partial charge in [0, 0.05) is 23.0 Å². The van der Waals surface area contributed by atoms with Gasteiger partial charge in [0.15, 0.2) is 0 Å². The second kappa shape index (κ2) is 6.03. The van der Waals surface area contributed by atoms with Crippen LogP contribution in [-0.2, 0) is 10.3 Å². The highest BCUT2D eigenvalue weighted by Gasteiger charge is 2.51. The van der Waals surface area contributed by atoms with Crippen LogP contribution >= 0.6 is 15.9 Å². The molecule has 1 spiro atoms. The van der Waals surface area contributed by atoms with Crippen LogP contribution in [0.3, 0.4) is 0 Å². The smallest absolute Gasteiger partial charge is 0.410 e. The van der Waals surface area contributed by atoms with E-state index in [1.807, 2.05) is 45.0 Å². The predicted octanol–water partition coefficient (Wildman–Crippen LogP) is 4.45. The molecule has 1 N–H and O–H groups in total. The molecule has 1 aromatic carbocycles. The van der Waals surface area contributed by atoms with E-state index in [1.165, 1.54) is 0 Å². The number of amides is 1. The van der Waals surface area contributed by atoms with Gasteiger partial charge >= 0.3 is 6.09 Å². The molecule has 0 bridgehead atoms. The fourth-order valence-corrected chi connectivity index (χ4v) is 4.04. The SMILES string of the molecule is CC(C)(C)OC(=O)N1CC2(CCC(O)(c3ccc(Br)cc3)CC2)C1. The van der Waals surface area contributed by atoms with E-state index in [2.05, 4.69) is 15.9 Å². The lowest BCUT2D eigenvalue weighted by molar-refractivity contribution is -0.0963. The van der Waals surface area contributed by atoms with Gasteiger partial charge in [0.1, 0.15) is 5.60 Å². The van der Waals surface area contributed by atoms with Gasteiger partial charge in [-0.1, -0.05) is 28.1 Å². The Morgan fingerprint density at radius 1 is 1.12 bits per heavy atom. The summed E-state index contributed by atoms with van der Waals surface area (Å²) in [7, 11) is 0. The average Bonchev–Trinajstić information content (AvgIpc) is 2.44. The molecule has 2 fully saturated rings. The van der Waals surface area contributed by atoms with E-state index in [-0.39, 0.29) is 11.5 Å². The van der Waals surface area contributed by atoms with Crippen LogP contribution in [0.1, 0.15) is 52.0 Å². The highest BCUT2D eigenvalue weighted by Crippen LogP contribution is 2.50. The van der Waals surface area contributed by atoms with E-state index in [9.17, 15) is 9.90 Å². The van der Waals surface area contributed by atoms with Gasteiger partial charge in [-0.3, -0.25) is 0 Å². The van der Waals surface area contributed by atoms with Gasteiger partial charge in [-0.15, -0.1) is 0 Å². The van der Waals surface area contributed by atoms with Gasteiger partial charge in [-0.25, -0.2) is 4.79 Å². The lowest BCUT2D eigenvalue weighted by Crippen LogP contribution is -2.61. The molecule has 5 heteroatoms. The summed E-state index contributed by atoms with van der Waals surface area (Å²) in [6, 6.07) is 7.95. The molecule has 1 saturated carbocycles. The molecule has 1 aliphatic carbocycles. The number of hydrogen-bond acceptors (Lipinski definition) is 3. The zero-order chi connectivity index (χ0) is 17.6. The molecule has 1 aromatic rings. The zero-order valence-corrected chi connectivity index (χ0v) is 16.2. The number of carbonyl (C=O) groups excluding carboxylic acids is 1. The molecule has 0 unspecified atom stereocenters. The van der Waals surface area contributed by atoms with Gasteiger partial charge in [0.2, 0.25) is 0 Å². The van der Waals surface area contributed by atoms with Crippen LogP contribution in [-0.4, -0.2) is 34.8 Å². The Bertz CT molecular complexity index is 604. The van der Waals surface area contributed by atoms with Gasteiger partial charge in [0.25, 0.3) is 0 Å². The Morgan fingerprint density at radius 3 is 2.17 bits per heavy atom. The summed E-state index contributed by atoms with van der Waals surface area (Å²) in [6.45, 7) is 7.16. The summed E-state index contributed by atoms with van der Waals surface area (Å²) in [4.78, 5) is 13.9. The fraction of sp³-hybridized carbons (Fsp3) is 0.632. The maximum atomic E-state index is 12.1. The van der Waals surface area contributed by atoms with Crippen LogP contribution < -0.4 is 0 Å². The van der Waals surface area contributed by atoms with Crippen molar-refractivity contribution in [1.82, 2.24) is 4.90 Å². The number of hydrogen-bond donors (Lipinski definition) is 1. The number of rotatable bonds is 1. The zero-order valence-electron chi connectivity index (χ0n) is 14.6. The third kappa shape index (κ3) is 3.62. The fourth-order valence-electron chi connectivity index (χ4n) is 3.78. The molecule has 24 heavy (non-hydrogen) atoms. The number of carbonyl (C=O) groups is 1. The first-order valence-electron chi connectivity index (χ1n) is 8.57. The monoisotopic (exact) mass is 395 g/mol. The Hall–Kier alpha value is -1.07. The number of halogens is 1. The van der Waals surface area contributed by atoms with E-state index in [4.69, 9.17) is 4.74 Å². The topological polar surface area (TPSA) is 49.8 Å². The van der Waals surface area contributed by atoms with E-state index in [0.29, 0.717) is 0 Å². The quantitative estimate of drug-likeness (QED) is 0.763. The Morgan fingerprint density at radius 2 is 1.67 bits per heavy atom. The lowest BCUT2D eigenvalue weighted by Gasteiger charge is -2.54. The third-order valence-electron chi connectivity index (χ3n) is 5.22. The molecule has 1 aliphatic heterocycles. The first-order chi connectivity index (χ1) is 11.1. The summed E-state index contributed by atoms with van der Waals surface area (Å²) in [5.74, 6) is 0. The van der Waals surface area contributed by atoms with Gasteiger partial charge in [-0.05, 0) is 64.2 Å².